The molecule has 1 heterocycles. The second-order valence-corrected chi connectivity index (χ2v) is 7.29. The average Bonchev–Trinajstić information content (AvgIpc) is 2.78. The monoisotopic (exact) mass is 285 g/mol. The van der Waals surface area contributed by atoms with E-state index in [1.54, 1.807) is 12.1 Å². The third-order valence-electron chi connectivity index (χ3n) is 4.62. The standard InChI is InChI=1S/C17H23N3O/c1-11-6-13(9-17(2,3)8-11)20-10-19-14-7-12(16(18)21)4-5-15(14)20/h4-5,7,10-11,13H,6,8-9H2,1-3H3,(H2,18,21)/t11-,13+/m0/s1. The van der Waals surface area contributed by atoms with E-state index in [0.717, 1.165) is 17.0 Å². The minimum Gasteiger partial charge on any atom is -0.366 e. The Morgan fingerprint density at radius 1 is 1.38 bits per heavy atom. The first-order valence-electron chi connectivity index (χ1n) is 7.62. The predicted octanol–water partition coefficient (Wildman–Crippen LogP) is 3.52. The Morgan fingerprint density at radius 2 is 2.14 bits per heavy atom. The SMILES string of the molecule is C[C@H]1C[C@@H](n2cnc3cc(C(N)=O)ccc32)CC(C)(C)C1. The van der Waals surface area contributed by atoms with Gasteiger partial charge in [0.05, 0.1) is 17.4 Å². The van der Waals surface area contributed by atoms with Crippen LogP contribution in [-0.4, -0.2) is 15.5 Å². The highest BCUT2D eigenvalue weighted by Crippen LogP contribution is 2.44. The highest BCUT2D eigenvalue weighted by molar-refractivity contribution is 5.96. The Labute approximate surface area is 125 Å². The number of hydrogen-bond donors (Lipinski definition) is 1. The van der Waals surface area contributed by atoms with E-state index in [0.29, 0.717) is 17.0 Å². The first kappa shape index (κ1) is 14.1. The van der Waals surface area contributed by atoms with Crippen LogP contribution >= 0.6 is 0 Å². The van der Waals surface area contributed by atoms with Crippen molar-refractivity contribution in [2.75, 3.05) is 0 Å². The molecule has 2 N–H and O–H groups in total. The number of rotatable bonds is 2. The second kappa shape index (κ2) is 4.86. The molecular weight excluding hydrogens is 262 g/mol. The number of fused-ring (bicyclic) bond motifs is 1. The predicted molar refractivity (Wildman–Crippen MR) is 84.1 cm³/mol. The van der Waals surface area contributed by atoms with Crippen LogP contribution in [0.25, 0.3) is 11.0 Å². The molecule has 1 amide bonds. The molecule has 1 aliphatic carbocycles. The van der Waals surface area contributed by atoms with Crippen LogP contribution in [-0.2, 0) is 0 Å². The summed E-state index contributed by atoms with van der Waals surface area (Å²) >= 11 is 0. The number of primary amides is 1. The van der Waals surface area contributed by atoms with Crippen LogP contribution in [0.1, 0.15) is 56.4 Å². The largest absolute Gasteiger partial charge is 0.366 e. The Morgan fingerprint density at radius 3 is 2.81 bits per heavy atom. The maximum atomic E-state index is 11.3. The summed E-state index contributed by atoms with van der Waals surface area (Å²) in [6.45, 7) is 7.03. The van der Waals surface area contributed by atoms with Gasteiger partial charge in [-0.05, 0) is 48.8 Å². The summed E-state index contributed by atoms with van der Waals surface area (Å²) in [4.78, 5) is 15.7. The molecule has 1 aromatic carbocycles. The fourth-order valence-corrected chi connectivity index (χ4v) is 3.98. The van der Waals surface area contributed by atoms with Gasteiger partial charge in [0, 0.05) is 11.6 Å². The van der Waals surface area contributed by atoms with E-state index in [2.05, 4.69) is 30.3 Å². The maximum Gasteiger partial charge on any atom is 0.248 e. The summed E-state index contributed by atoms with van der Waals surface area (Å²) < 4.78 is 2.28. The van der Waals surface area contributed by atoms with E-state index < -0.39 is 5.91 Å². The number of hydrogen-bond acceptors (Lipinski definition) is 2. The zero-order valence-corrected chi connectivity index (χ0v) is 13.0. The van der Waals surface area contributed by atoms with Crippen molar-refractivity contribution in [2.45, 2.75) is 46.1 Å². The van der Waals surface area contributed by atoms with Gasteiger partial charge in [0.2, 0.25) is 5.91 Å². The molecule has 2 aromatic rings. The molecule has 0 radical (unpaired) electrons. The average molecular weight is 285 g/mol. The lowest BCUT2D eigenvalue weighted by molar-refractivity contribution is 0.100. The molecule has 4 heteroatoms. The molecule has 2 atom stereocenters. The number of carbonyl (C=O) groups is 1. The topological polar surface area (TPSA) is 60.9 Å². The lowest BCUT2D eigenvalue weighted by Crippen LogP contribution is -2.29. The number of nitrogens with zero attached hydrogens (tertiary/aromatic N) is 2. The fraction of sp³-hybridized carbons (Fsp3) is 0.529. The van der Waals surface area contributed by atoms with Crippen molar-refractivity contribution in [2.24, 2.45) is 17.1 Å². The molecule has 112 valence electrons. The third kappa shape index (κ3) is 2.67. The van der Waals surface area contributed by atoms with Gasteiger partial charge < -0.3 is 10.3 Å². The first-order chi connectivity index (χ1) is 9.85. The Hall–Kier alpha value is -1.84. The molecule has 0 saturated heterocycles. The van der Waals surface area contributed by atoms with Gasteiger partial charge in [0.1, 0.15) is 0 Å². The number of carbonyl (C=O) groups excluding carboxylic acids is 1. The molecule has 1 fully saturated rings. The molecule has 21 heavy (non-hydrogen) atoms. The van der Waals surface area contributed by atoms with E-state index in [1.165, 1.54) is 19.3 Å². The highest BCUT2D eigenvalue weighted by atomic mass is 16.1. The summed E-state index contributed by atoms with van der Waals surface area (Å²) in [5.41, 5.74) is 8.16. The molecule has 1 aromatic heterocycles. The van der Waals surface area contributed by atoms with Crippen LogP contribution in [0.2, 0.25) is 0 Å². The highest BCUT2D eigenvalue weighted by Gasteiger charge is 2.33. The van der Waals surface area contributed by atoms with Crippen LogP contribution < -0.4 is 5.73 Å². The van der Waals surface area contributed by atoms with E-state index in [-0.39, 0.29) is 0 Å². The van der Waals surface area contributed by atoms with E-state index in [4.69, 9.17) is 5.73 Å². The normalized spacial score (nSPS) is 25.1. The van der Waals surface area contributed by atoms with Crippen molar-refractivity contribution >= 4 is 16.9 Å². The van der Waals surface area contributed by atoms with Crippen molar-refractivity contribution in [3.63, 3.8) is 0 Å². The third-order valence-corrected chi connectivity index (χ3v) is 4.62. The lowest BCUT2D eigenvalue weighted by atomic mass is 9.70. The lowest BCUT2D eigenvalue weighted by Gasteiger charge is -2.39. The maximum absolute atomic E-state index is 11.3. The van der Waals surface area contributed by atoms with E-state index in [9.17, 15) is 4.79 Å². The van der Waals surface area contributed by atoms with Crippen LogP contribution in [0, 0.1) is 11.3 Å². The number of aromatic nitrogens is 2. The summed E-state index contributed by atoms with van der Waals surface area (Å²) in [6, 6.07) is 6.02. The molecule has 0 bridgehead atoms. The fourth-order valence-electron chi connectivity index (χ4n) is 3.98. The van der Waals surface area contributed by atoms with E-state index in [1.807, 2.05) is 12.4 Å². The summed E-state index contributed by atoms with van der Waals surface area (Å²) in [5, 5.41) is 0. The van der Waals surface area contributed by atoms with Gasteiger partial charge in [-0.25, -0.2) is 4.98 Å². The molecule has 0 unspecified atom stereocenters. The summed E-state index contributed by atoms with van der Waals surface area (Å²) in [7, 11) is 0. The minimum atomic E-state index is -0.404. The van der Waals surface area contributed by atoms with Crippen molar-refractivity contribution in [3.8, 4) is 0 Å². The second-order valence-electron chi connectivity index (χ2n) is 7.29. The van der Waals surface area contributed by atoms with Crippen LogP contribution in [0.5, 0.6) is 0 Å². The zero-order chi connectivity index (χ0) is 15.2. The van der Waals surface area contributed by atoms with Crippen molar-refractivity contribution < 1.29 is 4.79 Å². The number of nitrogens with two attached hydrogens (primary N) is 1. The summed E-state index contributed by atoms with van der Waals surface area (Å²) in [6.07, 6.45) is 5.54. The minimum absolute atomic E-state index is 0.367. The Kier molecular flexibility index (Phi) is 3.27. The summed E-state index contributed by atoms with van der Waals surface area (Å²) in [5.74, 6) is 0.319. The molecule has 0 aliphatic heterocycles. The van der Waals surface area contributed by atoms with E-state index >= 15 is 0 Å². The Bertz CT molecular complexity index is 686. The molecule has 0 spiro atoms. The van der Waals surface area contributed by atoms with Gasteiger partial charge in [0.25, 0.3) is 0 Å². The van der Waals surface area contributed by atoms with Crippen molar-refractivity contribution in [3.05, 3.63) is 30.1 Å². The first-order valence-corrected chi connectivity index (χ1v) is 7.62. The zero-order valence-electron chi connectivity index (χ0n) is 13.0. The molecule has 4 nitrogen and oxygen atoms in total. The van der Waals surface area contributed by atoms with Gasteiger partial charge in [-0.1, -0.05) is 20.8 Å². The van der Waals surface area contributed by atoms with Gasteiger partial charge in [-0.15, -0.1) is 0 Å². The quantitative estimate of drug-likeness (QED) is 0.917. The number of benzene rings is 1. The molecule has 1 aliphatic rings. The van der Waals surface area contributed by atoms with Gasteiger partial charge in [-0.3, -0.25) is 4.79 Å². The Balaban J connectivity index is 1.99. The van der Waals surface area contributed by atoms with Crippen LogP contribution in [0.3, 0.4) is 0 Å². The number of amides is 1. The van der Waals surface area contributed by atoms with Gasteiger partial charge in [-0.2, -0.15) is 0 Å². The number of imidazole rings is 1. The molecule has 1 saturated carbocycles. The van der Waals surface area contributed by atoms with Crippen molar-refractivity contribution in [1.82, 2.24) is 9.55 Å². The molecule has 3 rings (SSSR count). The molecular formula is C17H23N3O. The van der Waals surface area contributed by atoms with Crippen LogP contribution in [0.4, 0.5) is 0 Å². The van der Waals surface area contributed by atoms with Crippen molar-refractivity contribution in [1.29, 1.82) is 0 Å². The van der Waals surface area contributed by atoms with Crippen LogP contribution in [0.15, 0.2) is 24.5 Å². The smallest absolute Gasteiger partial charge is 0.248 e. The van der Waals surface area contributed by atoms with Gasteiger partial charge in [0.15, 0.2) is 0 Å². The van der Waals surface area contributed by atoms with Gasteiger partial charge >= 0.3 is 0 Å².